The number of nitrogens with zero attached hydrogens (tertiary/aromatic N) is 2. The number of likely N-dealkylation sites (tertiary alicyclic amines) is 1. The number of rotatable bonds is 4. The molecule has 5 aliphatic rings. The zero-order valence-corrected chi connectivity index (χ0v) is 23.9. The quantitative estimate of drug-likeness (QED) is 0.379. The van der Waals surface area contributed by atoms with Crippen molar-refractivity contribution in [1.82, 2.24) is 9.80 Å². The Bertz CT molecular complexity index is 1500. The smallest absolute Gasteiger partial charge is 0.416 e. The molecule has 10 nitrogen and oxygen atoms in total. The standard InChI is InChI=1S/C29H31F3N2O4.C2H2O4/c1-33(26(36)17-4-7-19(8-5-17)29(30,31)32)20-10-11-28(37)22-14-18-6-9-21(35)24-23(18)27(28,25(20)38-24)12-13-34(22)15-16-2-3-16;3-1(4)2(5)6/h4-9,16,20,22,25,35,37H,2-3,10-15H2,1H3;(H,3,4)(H,5,6)/t20-,22+,25-,27?,28+;/m0./s1. The van der Waals surface area contributed by atoms with Gasteiger partial charge < -0.3 is 30.1 Å². The maximum Gasteiger partial charge on any atom is 0.416 e. The predicted molar refractivity (Wildman–Crippen MR) is 147 cm³/mol. The van der Waals surface area contributed by atoms with Crippen LogP contribution in [0.4, 0.5) is 13.2 Å². The van der Waals surface area contributed by atoms with E-state index in [0.717, 1.165) is 36.3 Å². The lowest BCUT2D eigenvalue weighted by molar-refractivity contribution is -0.197. The lowest BCUT2D eigenvalue weighted by Crippen LogP contribution is -2.78. The molecule has 2 aromatic carbocycles. The fourth-order valence-electron chi connectivity index (χ4n) is 8.01. The predicted octanol–water partition coefficient (Wildman–Crippen LogP) is 3.27. The first-order valence-corrected chi connectivity index (χ1v) is 14.6. The van der Waals surface area contributed by atoms with Gasteiger partial charge in [-0.25, -0.2) is 9.59 Å². The third-order valence-corrected chi connectivity index (χ3v) is 10.2. The lowest BCUT2D eigenvalue weighted by Gasteiger charge is -2.64. The number of benzene rings is 2. The van der Waals surface area contributed by atoms with E-state index >= 15 is 0 Å². The molecule has 1 saturated heterocycles. The van der Waals surface area contributed by atoms with Crippen LogP contribution in [0.2, 0.25) is 0 Å². The van der Waals surface area contributed by atoms with Crippen molar-refractivity contribution in [3.63, 3.8) is 0 Å². The molecule has 1 unspecified atom stereocenters. The molecule has 2 bridgehead atoms. The molecule has 44 heavy (non-hydrogen) atoms. The first-order chi connectivity index (χ1) is 20.7. The van der Waals surface area contributed by atoms with E-state index < -0.39 is 52.7 Å². The Labute approximate surface area is 250 Å². The van der Waals surface area contributed by atoms with Crippen LogP contribution < -0.4 is 4.74 Å². The summed E-state index contributed by atoms with van der Waals surface area (Å²) in [5.41, 5.74) is -0.510. The number of ether oxygens (including phenoxy) is 1. The third-order valence-electron chi connectivity index (χ3n) is 10.2. The molecule has 1 amide bonds. The van der Waals surface area contributed by atoms with Crippen LogP contribution >= 0.6 is 0 Å². The molecular weight excluding hydrogens is 585 g/mol. The van der Waals surface area contributed by atoms with Crippen molar-refractivity contribution in [1.29, 1.82) is 0 Å². The van der Waals surface area contributed by atoms with Gasteiger partial charge in [0.2, 0.25) is 0 Å². The number of carboxylic acids is 2. The first kappa shape index (κ1) is 30.2. The average Bonchev–Trinajstić information content (AvgIpc) is 3.72. The number of aliphatic hydroxyl groups is 1. The summed E-state index contributed by atoms with van der Waals surface area (Å²) >= 11 is 0. The second-order valence-corrected chi connectivity index (χ2v) is 12.5. The van der Waals surface area contributed by atoms with Gasteiger partial charge in [-0.2, -0.15) is 13.2 Å². The molecule has 2 aromatic rings. The van der Waals surface area contributed by atoms with Gasteiger partial charge in [0, 0.05) is 30.8 Å². The van der Waals surface area contributed by atoms with E-state index in [-0.39, 0.29) is 17.4 Å². The summed E-state index contributed by atoms with van der Waals surface area (Å²) in [6.07, 6.45) is -0.286. The number of alkyl halides is 3. The number of halogens is 3. The van der Waals surface area contributed by atoms with Crippen molar-refractivity contribution in [2.24, 2.45) is 5.92 Å². The largest absolute Gasteiger partial charge is 0.504 e. The minimum Gasteiger partial charge on any atom is -0.504 e. The van der Waals surface area contributed by atoms with Crippen LogP contribution in [-0.4, -0.2) is 92.0 Å². The van der Waals surface area contributed by atoms with Crippen molar-refractivity contribution >= 4 is 17.8 Å². The molecule has 7 rings (SSSR count). The number of carbonyl (C=O) groups excluding carboxylic acids is 1. The van der Waals surface area contributed by atoms with E-state index in [1.165, 1.54) is 25.0 Å². The summed E-state index contributed by atoms with van der Waals surface area (Å²) in [6, 6.07) is 7.37. The van der Waals surface area contributed by atoms with Crippen LogP contribution in [0.1, 0.15) is 59.2 Å². The highest BCUT2D eigenvalue weighted by molar-refractivity contribution is 6.27. The normalized spacial score (nSPS) is 29.9. The zero-order chi connectivity index (χ0) is 31.8. The molecule has 13 heteroatoms. The maximum atomic E-state index is 13.5. The van der Waals surface area contributed by atoms with E-state index in [9.17, 15) is 28.2 Å². The molecule has 2 aliphatic heterocycles. The van der Waals surface area contributed by atoms with Crippen molar-refractivity contribution in [3.8, 4) is 11.5 Å². The second kappa shape index (κ2) is 10.4. The molecule has 0 radical (unpaired) electrons. The highest BCUT2D eigenvalue weighted by Gasteiger charge is 2.73. The molecule has 4 N–H and O–H groups in total. The number of likely N-dealkylation sites (N-methyl/N-ethyl adjacent to an activating group) is 1. The molecule has 5 atom stereocenters. The van der Waals surface area contributed by atoms with Crippen molar-refractivity contribution in [2.75, 3.05) is 20.1 Å². The Morgan fingerprint density at radius 2 is 1.68 bits per heavy atom. The van der Waals surface area contributed by atoms with Crippen LogP contribution in [0.15, 0.2) is 36.4 Å². The van der Waals surface area contributed by atoms with E-state index in [2.05, 4.69) is 4.90 Å². The summed E-state index contributed by atoms with van der Waals surface area (Å²) in [5.74, 6) is -2.92. The summed E-state index contributed by atoms with van der Waals surface area (Å²) < 4.78 is 45.7. The molecule has 3 fully saturated rings. The number of carboxylic acid groups (broad SMARTS) is 2. The van der Waals surface area contributed by atoms with Crippen LogP contribution in [0.25, 0.3) is 0 Å². The van der Waals surface area contributed by atoms with Gasteiger partial charge in [0.1, 0.15) is 6.10 Å². The number of carbonyl (C=O) groups is 3. The molecule has 236 valence electrons. The Hall–Kier alpha value is -3.84. The number of phenols is 1. The van der Waals surface area contributed by atoms with Crippen molar-refractivity contribution in [2.45, 2.75) is 73.9 Å². The fraction of sp³-hybridized carbons (Fsp3) is 0.516. The Balaban J connectivity index is 0.000000523. The number of hydrogen-bond donors (Lipinski definition) is 4. The van der Waals surface area contributed by atoms with E-state index in [0.29, 0.717) is 37.4 Å². The first-order valence-electron chi connectivity index (χ1n) is 14.6. The van der Waals surface area contributed by atoms with Gasteiger partial charge in [0.05, 0.1) is 22.6 Å². The van der Waals surface area contributed by atoms with Gasteiger partial charge in [-0.15, -0.1) is 0 Å². The molecule has 0 aromatic heterocycles. The number of amides is 1. The average molecular weight is 619 g/mol. The second-order valence-electron chi connectivity index (χ2n) is 12.5. The molecule has 2 heterocycles. The molecule has 3 aliphatic carbocycles. The highest BCUT2D eigenvalue weighted by atomic mass is 19.4. The number of piperidine rings is 1. The van der Waals surface area contributed by atoms with Crippen LogP contribution in [0.3, 0.4) is 0 Å². The summed E-state index contributed by atoms with van der Waals surface area (Å²) in [6.45, 7) is 1.78. The van der Waals surface area contributed by atoms with Gasteiger partial charge in [-0.3, -0.25) is 9.69 Å². The van der Waals surface area contributed by atoms with Crippen molar-refractivity contribution < 1.29 is 52.7 Å². The lowest BCUT2D eigenvalue weighted by atomic mass is 9.48. The van der Waals surface area contributed by atoms with E-state index in [4.69, 9.17) is 24.5 Å². The number of phenolic OH excluding ortho intramolecular Hbond substituents is 1. The van der Waals surface area contributed by atoms with E-state index in [1.54, 1.807) is 18.0 Å². The Kier molecular flexibility index (Phi) is 7.12. The SMILES string of the molecule is CN(C(=O)c1ccc(C(F)(F)F)cc1)[C@H]1CC[C@@]2(O)[C@H]3Cc4ccc(O)c5c4C2(CCN3CC2CC2)[C@H]1O5.O=C(O)C(=O)O. The summed E-state index contributed by atoms with van der Waals surface area (Å²) in [7, 11) is 1.65. The van der Waals surface area contributed by atoms with Gasteiger partial charge in [0.25, 0.3) is 5.91 Å². The monoisotopic (exact) mass is 618 g/mol. The number of aliphatic carboxylic acids is 2. The Morgan fingerprint density at radius 3 is 2.27 bits per heavy atom. The maximum absolute atomic E-state index is 13.5. The third kappa shape index (κ3) is 4.59. The Morgan fingerprint density at radius 1 is 1.02 bits per heavy atom. The topological polar surface area (TPSA) is 148 Å². The zero-order valence-electron chi connectivity index (χ0n) is 23.9. The van der Waals surface area contributed by atoms with Gasteiger partial charge in [-0.05, 0) is 86.9 Å². The number of aromatic hydroxyl groups is 1. The van der Waals surface area contributed by atoms with Crippen LogP contribution in [0, 0.1) is 5.92 Å². The minimum atomic E-state index is -4.48. The van der Waals surface area contributed by atoms with Gasteiger partial charge >= 0.3 is 18.1 Å². The minimum absolute atomic E-state index is 0.0317. The van der Waals surface area contributed by atoms with Crippen molar-refractivity contribution in [3.05, 3.63) is 58.7 Å². The van der Waals surface area contributed by atoms with Crippen LogP contribution in [0.5, 0.6) is 11.5 Å². The summed E-state index contributed by atoms with van der Waals surface area (Å²) in [5, 5.41) is 38.1. The highest BCUT2D eigenvalue weighted by Crippen LogP contribution is 2.66. The number of hydrogen-bond acceptors (Lipinski definition) is 7. The molecule has 1 spiro atoms. The molecule has 2 saturated carbocycles. The van der Waals surface area contributed by atoms with Gasteiger partial charge in [0.15, 0.2) is 11.5 Å². The fourth-order valence-corrected chi connectivity index (χ4v) is 8.01. The van der Waals surface area contributed by atoms with Crippen LogP contribution in [-0.2, 0) is 27.6 Å². The van der Waals surface area contributed by atoms with Gasteiger partial charge in [-0.1, -0.05) is 6.07 Å². The molecular formula is C31H33F3N2O8. The summed E-state index contributed by atoms with van der Waals surface area (Å²) in [4.78, 5) is 35.7. The van der Waals surface area contributed by atoms with E-state index in [1.807, 2.05) is 6.07 Å².